The Balaban J connectivity index is 1.80. The monoisotopic (exact) mass is 333 g/mol. The van der Waals surface area contributed by atoms with Crippen LogP contribution in [0.5, 0.6) is 0 Å². The van der Waals surface area contributed by atoms with Crippen LogP contribution in [0, 0.1) is 0 Å². The van der Waals surface area contributed by atoms with Crippen molar-refractivity contribution in [1.29, 1.82) is 0 Å². The number of para-hydroxylation sites is 2. The molecule has 1 N–H and O–H groups in total. The van der Waals surface area contributed by atoms with Crippen LogP contribution in [0.4, 0.5) is 0 Å². The average Bonchev–Trinajstić information content (AvgIpc) is 2.84. The third kappa shape index (κ3) is 2.67. The second-order valence-corrected chi connectivity index (χ2v) is 5.64. The van der Waals surface area contributed by atoms with Gasteiger partial charge >= 0.3 is 0 Å². The minimum Gasteiger partial charge on any atom is -0.345 e. The first-order valence-corrected chi connectivity index (χ1v) is 7.46. The number of carbonyl (C=O) groups is 1. The average molecular weight is 334 g/mol. The maximum atomic E-state index is 12.2. The van der Waals surface area contributed by atoms with Gasteiger partial charge < -0.3 is 9.88 Å². The molecule has 1 amide bonds. The molecule has 1 heterocycles. The molecule has 0 fully saturated rings. The van der Waals surface area contributed by atoms with Crippen molar-refractivity contribution in [3.05, 3.63) is 63.9 Å². The zero-order valence-corrected chi connectivity index (χ0v) is 13.3. The van der Waals surface area contributed by atoms with E-state index in [2.05, 4.69) is 10.3 Å². The standard InChI is InChI=1S/C16H13Cl2N3O/c1-21-13-8-3-2-7-12(13)20-14(21)9-19-16(22)10-5-4-6-11(17)15(10)18/h2-8H,9H2,1H3,(H,19,22). The molecule has 3 aromatic rings. The number of hydrogen-bond acceptors (Lipinski definition) is 2. The fourth-order valence-corrected chi connectivity index (χ4v) is 2.67. The molecule has 0 atom stereocenters. The minimum atomic E-state index is -0.278. The van der Waals surface area contributed by atoms with Crippen molar-refractivity contribution >= 4 is 40.1 Å². The van der Waals surface area contributed by atoms with Gasteiger partial charge in [0, 0.05) is 7.05 Å². The number of imidazole rings is 1. The maximum Gasteiger partial charge on any atom is 0.253 e. The van der Waals surface area contributed by atoms with Crippen molar-refractivity contribution in [2.75, 3.05) is 0 Å². The van der Waals surface area contributed by atoms with Crippen LogP contribution in [0.2, 0.25) is 10.0 Å². The predicted molar refractivity (Wildman–Crippen MR) is 88.3 cm³/mol. The normalized spacial score (nSPS) is 10.9. The first-order chi connectivity index (χ1) is 10.6. The molecule has 0 aliphatic heterocycles. The number of halogens is 2. The molecular formula is C16H13Cl2N3O. The van der Waals surface area contributed by atoms with Crippen molar-refractivity contribution in [3.63, 3.8) is 0 Å². The second-order valence-electron chi connectivity index (χ2n) is 4.86. The molecule has 4 nitrogen and oxygen atoms in total. The van der Waals surface area contributed by atoms with Crippen molar-refractivity contribution < 1.29 is 4.79 Å². The molecule has 6 heteroatoms. The Kier molecular flexibility index (Phi) is 4.05. The van der Waals surface area contributed by atoms with Gasteiger partial charge in [0.15, 0.2) is 0 Å². The van der Waals surface area contributed by atoms with Gasteiger partial charge in [-0.3, -0.25) is 4.79 Å². The van der Waals surface area contributed by atoms with E-state index in [1.54, 1.807) is 18.2 Å². The van der Waals surface area contributed by atoms with Gasteiger partial charge in [0.05, 0.1) is 33.2 Å². The number of nitrogens with zero attached hydrogens (tertiary/aromatic N) is 2. The Morgan fingerprint density at radius 1 is 1.18 bits per heavy atom. The first-order valence-electron chi connectivity index (χ1n) is 6.70. The summed E-state index contributed by atoms with van der Waals surface area (Å²) >= 11 is 12.0. The third-order valence-corrected chi connectivity index (χ3v) is 4.30. The topological polar surface area (TPSA) is 46.9 Å². The lowest BCUT2D eigenvalue weighted by atomic mass is 10.2. The quantitative estimate of drug-likeness (QED) is 0.792. The van der Waals surface area contributed by atoms with E-state index in [-0.39, 0.29) is 10.9 Å². The number of aromatic nitrogens is 2. The van der Waals surface area contributed by atoms with E-state index in [4.69, 9.17) is 23.2 Å². The van der Waals surface area contributed by atoms with Crippen LogP contribution in [0.25, 0.3) is 11.0 Å². The zero-order valence-electron chi connectivity index (χ0n) is 11.8. The predicted octanol–water partition coefficient (Wildman–Crippen LogP) is 3.81. The second kappa shape index (κ2) is 5.99. The Morgan fingerprint density at radius 2 is 1.95 bits per heavy atom. The molecule has 2 aromatic carbocycles. The number of hydrogen-bond donors (Lipinski definition) is 1. The number of benzene rings is 2. The van der Waals surface area contributed by atoms with Crippen molar-refractivity contribution in [1.82, 2.24) is 14.9 Å². The zero-order chi connectivity index (χ0) is 15.7. The summed E-state index contributed by atoms with van der Waals surface area (Å²) < 4.78 is 1.95. The smallest absolute Gasteiger partial charge is 0.253 e. The lowest BCUT2D eigenvalue weighted by molar-refractivity contribution is 0.0950. The fourth-order valence-electron chi connectivity index (χ4n) is 2.29. The molecule has 0 saturated carbocycles. The molecule has 3 rings (SSSR count). The van der Waals surface area contributed by atoms with Gasteiger partial charge in [-0.1, -0.05) is 41.4 Å². The summed E-state index contributed by atoms with van der Waals surface area (Å²) in [5.74, 6) is 0.493. The summed E-state index contributed by atoms with van der Waals surface area (Å²) in [6.07, 6.45) is 0. The van der Waals surface area contributed by atoms with E-state index in [9.17, 15) is 4.79 Å². The van der Waals surface area contributed by atoms with Crippen LogP contribution in [-0.2, 0) is 13.6 Å². The highest BCUT2D eigenvalue weighted by atomic mass is 35.5. The molecule has 0 radical (unpaired) electrons. The molecular weight excluding hydrogens is 321 g/mol. The van der Waals surface area contributed by atoms with Crippen molar-refractivity contribution in [2.45, 2.75) is 6.54 Å². The van der Waals surface area contributed by atoms with Crippen LogP contribution >= 0.6 is 23.2 Å². The summed E-state index contributed by atoms with van der Waals surface area (Å²) in [6.45, 7) is 0.312. The van der Waals surface area contributed by atoms with Crippen LogP contribution in [0.15, 0.2) is 42.5 Å². The lowest BCUT2D eigenvalue weighted by Gasteiger charge is -2.07. The summed E-state index contributed by atoms with van der Waals surface area (Å²) in [5, 5.41) is 3.43. The fraction of sp³-hybridized carbons (Fsp3) is 0.125. The maximum absolute atomic E-state index is 12.2. The SMILES string of the molecule is Cn1c(CNC(=O)c2cccc(Cl)c2Cl)nc2ccccc21. The van der Waals surface area contributed by atoms with E-state index in [0.717, 1.165) is 16.9 Å². The minimum absolute atomic E-state index is 0.256. The number of aryl methyl sites for hydroxylation is 1. The lowest BCUT2D eigenvalue weighted by Crippen LogP contribution is -2.24. The first kappa shape index (κ1) is 14.9. The highest BCUT2D eigenvalue weighted by Crippen LogP contribution is 2.25. The molecule has 0 spiro atoms. The van der Waals surface area contributed by atoms with E-state index in [0.29, 0.717) is 17.1 Å². The number of amides is 1. The summed E-state index contributed by atoms with van der Waals surface area (Å²) in [5.41, 5.74) is 2.27. The highest BCUT2D eigenvalue weighted by Gasteiger charge is 2.14. The van der Waals surface area contributed by atoms with Gasteiger partial charge in [0.25, 0.3) is 5.91 Å². The number of fused-ring (bicyclic) bond motifs is 1. The van der Waals surface area contributed by atoms with Crippen molar-refractivity contribution in [2.24, 2.45) is 7.05 Å². The van der Waals surface area contributed by atoms with E-state index < -0.39 is 0 Å². The largest absolute Gasteiger partial charge is 0.345 e. The van der Waals surface area contributed by atoms with Crippen molar-refractivity contribution in [3.8, 4) is 0 Å². The number of nitrogens with one attached hydrogen (secondary N) is 1. The van der Waals surface area contributed by atoms with Crippen LogP contribution < -0.4 is 5.32 Å². The molecule has 112 valence electrons. The Labute approximate surface area is 137 Å². The summed E-state index contributed by atoms with van der Waals surface area (Å²) in [7, 11) is 1.92. The molecule has 0 saturated heterocycles. The van der Waals surface area contributed by atoms with E-state index in [1.165, 1.54) is 0 Å². The van der Waals surface area contributed by atoms with E-state index in [1.807, 2.05) is 35.9 Å². The van der Waals surface area contributed by atoms with Crippen LogP contribution in [0.3, 0.4) is 0 Å². The van der Waals surface area contributed by atoms with Gasteiger partial charge in [-0.2, -0.15) is 0 Å². The van der Waals surface area contributed by atoms with Gasteiger partial charge in [0.1, 0.15) is 5.82 Å². The highest BCUT2D eigenvalue weighted by molar-refractivity contribution is 6.43. The molecule has 0 bridgehead atoms. The molecule has 0 aliphatic rings. The molecule has 0 unspecified atom stereocenters. The number of rotatable bonds is 3. The van der Waals surface area contributed by atoms with Gasteiger partial charge in [-0.05, 0) is 24.3 Å². The summed E-state index contributed by atoms with van der Waals surface area (Å²) in [6, 6.07) is 12.8. The summed E-state index contributed by atoms with van der Waals surface area (Å²) in [4.78, 5) is 16.7. The Morgan fingerprint density at radius 3 is 2.73 bits per heavy atom. The van der Waals surface area contributed by atoms with Gasteiger partial charge in [-0.15, -0.1) is 0 Å². The van der Waals surface area contributed by atoms with Gasteiger partial charge in [-0.25, -0.2) is 4.98 Å². The Bertz CT molecular complexity index is 858. The Hall–Kier alpha value is -2.04. The van der Waals surface area contributed by atoms with Crippen LogP contribution in [-0.4, -0.2) is 15.5 Å². The third-order valence-electron chi connectivity index (χ3n) is 3.48. The van der Waals surface area contributed by atoms with E-state index >= 15 is 0 Å². The molecule has 0 aliphatic carbocycles. The molecule has 22 heavy (non-hydrogen) atoms. The number of carbonyl (C=O) groups excluding carboxylic acids is 1. The molecule has 1 aromatic heterocycles. The van der Waals surface area contributed by atoms with Gasteiger partial charge in [0.2, 0.25) is 0 Å². The van der Waals surface area contributed by atoms with Crippen LogP contribution in [0.1, 0.15) is 16.2 Å².